The van der Waals surface area contributed by atoms with Gasteiger partial charge in [-0.3, -0.25) is 14.5 Å². The lowest BCUT2D eigenvalue weighted by Crippen LogP contribution is -2.51. The average molecular weight is 860 g/mol. The Bertz CT molecular complexity index is 1920. The van der Waals surface area contributed by atoms with Gasteiger partial charge in [0, 0.05) is 88.0 Å². The number of aliphatic carboxylic acids is 4. The lowest BCUT2D eigenvalue weighted by molar-refractivity contribution is -0.134. The Morgan fingerprint density at radius 3 is 1.89 bits per heavy atom. The van der Waals surface area contributed by atoms with Crippen LogP contribution in [0.4, 0.5) is 17.3 Å². The molecule has 2 heterocycles. The van der Waals surface area contributed by atoms with Crippen molar-refractivity contribution in [3.63, 3.8) is 0 Å². The average Bonchev–Trinajstić information content (AvgIpc) is 3.51. The zero-order valence-electron chi connectivity index (χ0n) is 37.2. The fourth-order valence-electron chi connectivity index (χ4n) is 10.5. The largest absolute Gasteiger partial charge is 0.478 e. The number of carboxylic acid groups (broad SMARTS) is 4. The molecule has 6 rings (SSSR count). The molecule has 3 fully saturated rings. The molecule has 1 saturated heterocycles. The second-order valence-corrected chi connectivity index (χ2v) is 17.0. The van der Waals surface area contributed by atoms with Gasteiger partial charge in [-0.15, -0.1) is 0 Å². The van der Waals surface area contributed by atoms with Gasteiger partial charge >= 0.3 is 23.9 Å². The van der Waals surface area contributed by atoms with E-state index in [2.05, 4.69) is 92.4 Å². The van der Waals surface area contributed by atoms with Crippen LogP contribution in [-0.4, -0.2) is 125 Å². The molecule has 0 aromatic carbocycles. The number of pyridine rings is 1. The third-order valence-corrected chi connectivity index (χ3v) is 13.5. The number of nitrogens with zero attached hydrogens (tertiary/aromatic N) is 5. The summed E-state index contributed by atoms with van der Waals surface area (Å²) in [6.45, 7) is 23.7. The maximum absolute atomic E-state index is 14.3. The van der Waals surface area contributed by atoms with E-state index in [-0.39, 0.29) is 22.5 Å². The Labute approximate surface area is 365 Å². The molecule has 6 atom stereocenters. The van der Waals surface area contributed by atoms with Crippen LogP contribution in [0.25, 0.3) is 0 Å². The lowest BCUT2D eigenvalue weighted by atomic mass is 9.52. The van der Waals surface area contributed by atoms with E-state index < -0.39 is 23.9 Å². The van der Waals surface area contributed by atoms with Crippen LogP contribution in [0.3, 0.4) is 0 Å². The number of carbonyl (C=O) groups excluding carboxylic acids is 2. The van der Waals surface area contributed by atoms with Crippen LogP contribution in [0.1, 0.15) is 74.1 Å². The quantitative estimate of drug-likeness (QED) is 0.125. The summed E-state index contributed by atoms with van der Waals surface area (Å²) in [5.74, 6) is -0.803. The monoisotopic (exact) mass is 859 g/mol. The summed E-state index contributed by atoms with van der Waals surface area (Å²) in [5.41, 5.74) is 3.88. The number of carbonyl (C=O) groups is 6. The summed E-state index contributed by atoms with van der Waals surface area (Å²) in [4.78, 5) is 79.5. The van der Waals surface area contributed by atoms with Crippen LogP contribution in [-0.2, 0) is 28.8 Å². The number of fused-ring (bicyclic) bond motifs is 5. The first-order valence-corrected chi connectivity index (χ1v) is 21.8. The molecular weight excluding hydrogens is 795 g/mol. The van der Waals surface area contributed by atoms with Crippen molar-refractivity contribution in [1.29, 1.82) is 0 Å². The van der Waals surface area contributed by atoms with Crippen molar-refractivity contribution in [3.05, 3.63) is 71.9 Å². The smallest absolute Gasteiger partial charge is 0.328 e. The van der Waals surface area contributed by atoms with Crippen LogP contribution < -0.4 is 14.7 Å². The van der Waals surface area contributed by atoms with Crippen LogP contribution >= 0.6 is 0 Å². The second-order valence-electron chi connectivity index (χ2n) is 17.0. The van der Waals surface area contributed by atoms with Gasteiger partial charge in [0.25, 0.3) is 0 Å². The van der Waals surface area contributed by atoms with Gasteiger partial charge in [0.15, 0.2) is 17.4 Å². The highest BCUT2D eigenvalue weighted by Crippen LogP contribution is 2.65. The number of aromatic nitrogens is 1. The molecule has 62 heavy (non-hydrogen) atoms. The van der Waals surface area contributed by atoms with Crippen LogP contribution in [0, 0.1) is 34.5 Å². The standard InChI is InChI=1S/C39H57N5O2.2C4H4O4/c1-8-42(9-2)33-14-15-35(43(10-3)11-4)40-37(33)44-22-20-41(21-23-44)26-34(46)36-27(5)24-32-30-13-12-28-25-29(45)16-18-38(28,6)31(30)17-19-39(32,36)7;2*5-3(6)1-2-4(7)8/h14-18,25,27,30,32,36H,8-13,19-24,26H2,1-7H3;2*1-2H,(H,5,6)(H,7,8)/b;2*2-1-/t27-,30-,32+,36-,38+,39+;;/m1../s1. The Morgan fingerprint density at radius 1 is 0.823 bits per heavy atom. The van der Waals surface area contributed by atoms with Gasteiger partial charge in [0.2, 0.25) is 0 Å². The van der Waals surface area contributed by atoms with Gasteiger partial charge in [-0.1, -0.05) is 37.1 Å². The Morgan fingerprint density at radius 2 is 1.37 bits per heavy atom. The number of hydrogen-bond donors (Lipinski definition) is 4. The van der Waals surface area contributed by atoms with E-state index >= 15 is 0 Å². The van der Waals surface area contributed by atoms with Crippen molar-refractivity contribution in [1.82, 2.24) is 9.88 Å². The molecule has 0 spiro atoms. The number of allylic oxidation sites excluding steroid dienone is 6. The summed E-state index contributed by atoms with van der Waals surface area (Å²) in [6, 6.07) is 4.44. The number of piperazine rings is 1. The summed E-state index contributed by atoms with van der Waals surface area (Å²) in [5, 5.41) is 31.2. The molecule has 15 nitrogen and oxygen atoms in total. The zero-order chi connectivity index (χ0) is 45.9. The minimum Gasteiger partial charge on any atom is -0.478 e. The van der Waals surface area contributed by atoms with Crippen molar-refractivity contribution < 1.29 is 49.2 Å². The second kappa shape index (κ2) is 21.5. The number of anilines is 3. The van der Waals surface area contributed by atoms with Crippen molar-refractivity contribution in [2.24, 2.45) is 34.5 Å². The van der Waals surface area contributed by atoms with Crippen molar-refractivity contribution >= 4 is 52.8 Å². The molecule has 338 valence electrons. The van der Waals surface area contributed by atoms with Crippen molar-refractivity contribution in [2.45, 2.75) is 74.1 Å². The topological polar surface area (TPSA) is 209 Å². The predicted molar refractivity (Wildman–Crippen MR) is 238 cm³/mol. The molecule has 0 radical (unpaired) electrons. The molecule has 1 aromatic rings. The highest BCUT2D eigenvalue weighted by Gasteiger charge is 2.59. The number of ketones is 2. The normalized spacial score (nSPS) is 26.4. The number of hydrogen-bond acceptors (Lipinski definition) is 11. The van der Waals surface area contributed by atoms with Crippen LogP contribution in [0.5, 0.6) is 0 Å². The molecule has 0 amide bonds. The third-order valence-electron chi connectivity index (χ3n) is 13.5. The van der Waals surface area contributed by atoms with Crippen molar-refractivity contribution in [3.8, 4) is 0 Å². The molecule has 1 aromatic heterocycles. The summed E-state index contributed by atoms with van der Waals surface area (Å²) >= 11 is 0. The summed E-state index contributed by atoms with van der Waals surface area (Å²) in [6.07, 6.45) is 14.7. The Hall–Kier alpha value is -5.57. The highest BCUT2D eigenvalue weighted by atomic mass is 16.4. The van der Waals surface area contributed by atoms with E-state index in [1.165, 1.54) is 16.8 Å². The fraction of sp³-hybridized carbons (Fsp3) is 0.553. The minimum absolute atomic E-state index is 0.00568. The van der Waals surface area contributed by atoms with Gasteiger partial charge in [-0.05, 0) is 108 Å². The molecule has 4 aliphatic carbocycles. The molecule has 4 N–H and O–H groups in total. The zero-order valence-corrected chi connectivity index (χ0v) is 37.2. The Kier molecular flexibility index (Phi) is 17.0. The fourth-order valence-corrected chi connectivity index (χ4v) is 10.5. The highest BCUT2D eigenvalue weighted by molar-refractivity contribution is 6.01. The van der Waals surface area contributed by atoms with E-state index in [4.69, 9.17) is 25.4 Å². The lowest BCUT2D eigenvalue weighted by Gasteiger charge is -2.52. The van der Waals surface area contributed by atoms with Crippen LogP contribution in [0.2, 0.25) is 0 Å². The first-order chi connectivity index (χ1) is 29.3. The van der Waals surface area contributed by atoms with Gasteiger partial charge in [-0.2, -0.15) is 0 Å². The van der Waals surface area contributed by atoms with E-state index in [1.54, 1.807) is 6.08 Å². The molecule has 15 heteroatoms. The molecule has 2 saturated carbocycles. The van der Waals surface area contributed by atoms with Gasteiger partial charge in [0.1, 0.15) is 5.82 Å². The molecule has 5 aliphatic rings. The SMILES string of the molecule is CCN(CC)c1ccc(N(CC)CC)c(N2CCN(CC(=O)[C@H]3[C@H](C)C[C@H]4[C@@H]5CCC6=CC(=O)C=C[C@]6(C)C5=CC[C@@]43C)CC2)n1.O=C(O)/C=C\C(=O)O.O=C(O)/C=C\C(=O)O. The maximum Gasteiger partial charge on any atom is 0.328 e. The molecule has 1 aliphatic heterocycles. The van der Waals surface area contributed by atoms with Crippen molar-refractivity contribution in [2.75, 3.05) is 73.6 Å². The number of rotatable bonds is 14. The number of carboxylic acids is 4. The molecule has 0 unspecified atom stereocenters. The first-order valence-electron chi connectivity index (χ1n) is 21.8. The van der Waals surface area contributed by atoms with E-state index in [0.29, 0.717) is 54.4 Å². The first kappa shape index (κ1) is 49.1. The third kappa shape index (κ3) is 11.5. The minimum atomic E-state index is -1.26. The maximum atomic E-state index is 14.3. The van der Waals surface area contributed by atoms with Gasteiger partial charge in [-0.25, -0.2) is 24.2 Å². The van der Waals surface area contributed by atoms with E-state index in [1.807, 2.05) is 6.08 Å². The van der Waals surface area contributed by atoms with E-state index in [0.717, 1.165) is 89.7 Å². The number of Topliss-reactive ketones (excluding diaryl/α,β-unsaturated/α-hetero) is 1. The van der Waals surface area contributed by atoms with Crippen LogP contribution in [0.15, 0.2) is 71.9 Å². The van der Waals surface area contributed by atoms with Gasteiger partial charge in [0.05, 0.1) is 12.2 Å². The molecule has 0 bridgehead atoms. The van der Waals surface area contributed by atoms with E-state index in [9.17, 15) is 28.8 Å². The molecular formula is C47H65N5O10. The predicted octanol–water partition coefficient (Wildman–Crippen LogP) is 5.98. The Balaban J connectivity index is 0.000000448. The summed E-state index contributed by atoms with van der Waals surface area (Å²) in [7, 11) is 0. The van der Waals surface area contributed by atoms with Gasteiger partial charge < -0.3 is 35.1 Å². The summed E-state index contributed by atoms with van der Waals surface area (Å²) < 4.78 is 0.